The minimum absolute atomic E-state index is 0.873. The van der Waals surface area contributed by atoms with Gasteiger partial charge in [-0.1, -0.05) is 166 Å². The second kappa shape index (κ2) is 19.6. The first-order chi connectivity index (χ1) is 31.1. The standard InChI is InChI=1S/C54H35NO.C3H6.C2H6.CH4S/c1-4-12-36(13-5-1)39-18-10-19-40(30-39)41-20-11-21-42(31-41)45-24-29-53-50(34-45)47-26-25-46(35-54(47)56-53)55-51-27-22-43(37-14-6-2-7-15-37)32-48(51)49-33-44(23-28-52(49)55)38-16-8-3-9-17-38;1-3-2;2*1-2/h1-35H;3H,1H2,2H3;1-2H3;2H,1H3. The van der Waals surface area contributed by atoms with Crippen LogP contribution in [0.2, 0.25) is 0 Å². The van der Waals surface area contributed by atoms with E-state index in [9.17, 15) is 0 Å². The lowest BCUT2D eigenvalue weighted by molar-refractivity contribution is 0.668. The number of fused-ring (bicyclic) bond motifs is 6. The van der Waals surface area contributed by atoms with E-state index in [1.54, 1.807) is 12.3 Å². The van der Waals surface area contributed by atoms with E-state index in [0.29, 0.717) is 0 Å². The van der Waals surface area contributed by atoms with Crippen molar-refractivity contribution in [2.45, 2.75) is 20.8 Å². The van der Waals surface area contributed by atoms with Crippen molar-refractivity contribution in [2.24, 2.45) is 0 Å². The molecular weight excluding hydrogens is 783 g/mol. The molecule has 308 valence electrons. The number of thiol groups is 1. The van der Waals surface area contributed by atoms with Crippen LogP contribution in [0.1, 0.15) is 20.8 Å². The summed E-state index contributed by atoms with van der Waals surface area (Å²) < 4.78 is 8.97. The Morgan fingerprint density at radius 1 is 0.365 bits per heavy atom. The van der Waals surface area contributed by atoms with Gasteiger partial charge in [-0.25, -0.2) is 0 Å². The molecule has 2 heterocycles. The Labute approximate surface area is 376 Å². The summed E-state index contributed by atoms with van der Waals surface area (Å²) in [6.07, 6.45) is 3.44. The second-order valence-electron chi connectivity index (χ2n) is 15.0. The maximum atomic E-state index is 6.59. The molecular formula is C60H51NOS. The van der Waals surface area contributed by atoms with E-state index in [1.165, 1.54) is 60.8 Å². The van der Waals surface area contributed by atoms with E-state index in [0.717, 1.165) is 44.2 Å². The molecule has 0 aliphatic carbocycles. The highest BCUT2D eigenvalue weighted by atomic mass is 32.1. The lowest BCUT2D eigenvalue weighted by atomic mass is 9.96. The smallest absolute Gasteiger partial charge is 0.137 e. The predicted octanol–water partition coefficient (Wildman–Crippen LogP) is 17.8. The number of hydrogen-bond donors (Lipinski definition) is 1. The van der Waals surface area contributed by atoms with Gasteiger partial charge in [0.15, 0.2) is 0 Å². The largest absolute Gasteiger partial charge is 0.456 e. The van der Waals surface area contributed by atoms with Crippen LogP contribution in [0, 0.1) is 0 Å². The van der Waals surface area contributed by atoms with Crippen molar-refractivity contribution in [3.05, 3.63) is 225 Å². The molecule has 11 aromatic rings. The molecule has 0 aliphatic rings. The SMILES string of the molecule is C=CC.CC.CS.c1ccc(-c2cccc(-c3cccc(-c4ccc5oc6cc(-n7c8ccc(-c9ccccc9)cc8c8cc(-c9ccccc9)ccc87)ccc6c5c4)c3)c2)cc1. The van der Waals surface area contributed by atoms with Crippen LogP contribution in [0.25, 0.3) is 105 Å². The summed E-state index contributed by atoms with van der Waals surface area (Å²) in [6, 6.07) is 76.4. The van der Waals surface area contributed by atoms with E-state index in [-0.39, 0.29) is 0 Å². The van der Waals surface area contributed by atoms with E-state index >= 15 is 0 Å². The van der Waals surface area contributed by atoms with Crippen molar-refractivity contribution in [2.75, 3.05) is 6.26 Å². The number of nitrogens with zero attached hydrogens (tertiary/aromatic N) is 1. The van der Waals surface area contributed by atoms with Crippen LogP contribution in [0.4, 0.5) is 0 Å². The third-order valence-electron chi connectivity index (χ3n) is 11.2. The van der Waals surface area contributed by atoms with Gasteiger partial charge in [-0.2, -0.15) is 12.6 Å². The molecule has 0 bridgehead atoms. The van der Waals surface area contributed by atoms with Crippen LogP contribution < -0.4 is 0 Å². The average Bonchev–Trinajstić information content (AvgIpc) is 3.90. The molecule has 0 radical (unpaired) electrons. The Bertz CT molecular complexity index is 3190. The minimum Gasteiger partial charge on any atom is -0.456 e. The van der Waals surface area contributed by atoms with Crippen LogP contribution in [-0.2, 0) is 0 Å². The summed E-state index contributed by atoms with van der Waals surface area (Å²) in [6.45, 7) is 9.25. The summed E-state index contributed by atoms with van der Waals surface area (Å²) in [4.78, 5) is 0. The van der Waals surface area contributed by atoms with E-state index in [2.05, 4.69) is 236 Å². The highest BCUT2D eigenvalue weighted by Crippen LogP contribution is 2.40. The number of rotatable bonds is 6. The van der Waals surface area contributed by atoms with Crippen molar-refractivity contribution in [1.82, 2.24) is 4.57 Å². The molecule has 0 fully saturated rings. The molecule has 0 N–H and O–H groups in total. The van der Waals surface area contributed by atoms with Crippen LogP contribution in [0.3, 0.4) is 0 Å². The second-order valence-corrected chi connectivity index (χ2v) is 15.0. The zero-order valence-electron chi connectivity index (χ0n) is 36.3. The van der Waals surface area contributed by atoms with E-state index in [4.69, 9.17) is 4.42 Å². The molecule has 0 spiro atoms. The molecule has 0 unspecified atom stereocenters. The summed E-state index contributed by atoms with van der Waals surface area (Å²) >= 11 is 3.53. The summed E-state index contributed by atoms with van der Waals surface area (Å²) in [7, 11) is 0. The average molecular weight is 834 g/mol. The minimum atomic E-state index is 0.873. The molecule has 0 atom stereocenters. The van der Waals surface area contributed by atoms with Gasteiger partial charge < -0.3 is 8.98 Å². The zero-order valence-corrected chi connectivity index (χ0v) is 37.2. The Hall–Kier alpha value is -7.33. The first-order valence-electron chi connectivity index (χ1n) is 21.6. The van der Waals surface area contributed by atoms with Crippen molar-refractivity contribution < 1.29 is 4.42 Å². The number of allylic oxidation sites excluding steroid dienone is 1. The fourth-order valence-electron chi connectivity index (χ4n) is 8.39. The zero-order chi connectivity index (χ0) is 43.7. The summed E-state index contributed by atoms with van der Waals surface area (Å²) in [5.74, 6) is 0. The first kappa shape index (κ1) is 42.4. The van der Waals surface area contributed by atoms with Crippen molar-refractivity contribution in [1.29, 1.82) is 0 Å². The molecule has 11 rings (SSSR count). The first-order valence-corrected chi connectivity index (χ1v) is 22.5. The molecule has 0 amide bonds. The molecule has 0 saturated carbocycles. The van der Waals surface area contributed by atoms with Gasteiger partial charge in [0, 0.05) is 33.3 Å². The van der Waals surface area contributed by atoms with E-state index in [1.807, 2.05) is 20.8 Å². The van der Waals surface area contributed by atoms with Gasteiger partial charge in [-0.3, -0.25) is 0 Å². The number of aromatic nitrogens is 1. The van der Waals surface area contributed by atoms with Crippen LogP contribution in [-0.4, -0.2) is 10.8 Å². The Balaban J connectivity index is 0.000000738. The number of hydrogen-bond acceptors (Lipinski definition) is 2. The molecule has 2 aromatic heterocycles. The third-order valence-corrected chi connectivity index (χ3v) is 11.2. The van der Waals surface area contributed by atoms with Gasteiger partial charge in [0.1, 0.15) is 11.2 Å². The molecule has 0 aliphatic heterocycles. The summed E-state index contributed by atoms with van der Waals surface area (Å²) in [5, 5.41) is 4.67. The monoisotopic (exact) mass is 833 g/mol. The maximum Gasteiger partial charge on any atom is 0.137 e. The Morgan fingerprint density at radius 2 is 0.730 bits per heavy atom. The molecule has 2 nitrogen and oxygen atoms in total. The van der Waals surface area contributed by atoms with Gasteiger partial charge in [0.05, 0.1) is 11.0 Å². The molecule has 63 heavy (non-hydrogen) atoms. The van der Waals surface area contributed by atoms with Crippen molar-refractivity contribution in [3.8, 4) is 61.3 Å². The highest BCUT2D eigenvalue weighted by Gasteiger charge is 2.17. The van der Waals surface area contributed by atoms with Gasteiger partial charge in [0.2, 0.25) is 0 Å². The maximum absolute atomic E-state index is 6.59. The third kappa shape index (κ3) is 8.62. The van der Waals surface area contributed by atoms with E-state index < -0.39 is 0 Å². The van der Waals surface area contributed by atoms with Crippen molar-refractivity contribution >= 4 is 56.4 Å². The summed E-state index contributed by atoms with van der Waals surface area (Å²) in [5.41, 5.74) is 17.2. The van der Waals surface area contributed by atoms with Gasteiger partial charge in [-0.05, 0) is 129 Å². The predicted molar refractivity (Wildman–Crippen MR) is 277 cm³/mol. The Kier molecular flexibility index (Phi) is 13.2. The highest BCUT2D eigenvalue weighted by molar-refractivity contribution is 7.79. The van der Waals surface area contributed by atoms with Crippen LogP contribution in [0.15, 0.2) is 229 Å². The number of benzene rings is 9. The lowest BCUT2D eigenvalue weighted by Gasteiger charge is -2.09. The quantitative estimate of drug-likeness (QED) is 0.131. The number of furan rings is 1. The van der Waals surface area contributed by atoms with Gasteiger partial charge in [0.25, 0.3) is 0 Å². The topological polar surface area (TPSA) is 18.1 Å². The fourth-order valence-corrected chi connectivity index (χ4v) is 8.39. The fraction of sp³-hybridized carbons (Fsp3) is 0.0667. The van der Waals surface area contributed by atoms with Crippen LogP contribution >= 0.6 is 12.6 Å². The lowest BCUT2D eigenvalue weighted by Crippen LogP contribution is -1.93. The molecule has 3 heteroatoms. The molecule has 0 saturated heterocycles. The normalized spacial score (nSPS) is 10.7. The van der Waals surface area contributed by atoms with Gasteiger partial charge >= 0.3 is 0 Å². The van der Waals surface area contributed by atoms with Gasteiger partial charge in [-0.15, -0.1) is 6.58 Å². The Morgan fingerprint density at radius 3 is 1.19 bits per heavy atom. The van der Waals surface area contributed by atoms with Crippen molar-refractivity contribution in [3.63, 3.8) is 0 Å². The molecule has 9 aromatic carbocycles. The van der Waals surface area contributed by atoms with Crippen LogP contribution in [0.5, 0.6) is 0 Å².